The molecule has 104 valence electrons. The molecule has 2 unspecified atom stereocenters. The minimum atomic E-state index is -0.0163. The maximum atomic E-state index is 12.4. The van der Waals surface area contributed by atoms with Crippen molar-refractivity contribution < 1.29 is 14.6 Å². The number of benzene rings is 1. The Kier molecular flexibility index (Phi) is 3.98. The Morgan fingerprint density at radius 1 is 1.42 bits per heavy atom. The number of amides is 1. The lowest BCUT2D eigenvalue weighted by Crippen LogP contribution is -2.44. The molecule has 4 nitrogen and oxygen atoms in total. The number of likely N-dealkylation sites (tertiary alicyclic amines) is 1. The second-order valence-corrected chi connectivity index (χ2v) is 5.36. The number of ether oxygens (including phenoxy) is 1. The molecule has 0 saturated carbocycles. The van der Waals surface area contributed by atoms with Crippen molar-refractivity contribution in [3.63, 3.8) is 0 Å². The van der Waals surface area contributed by atoms with Crippen LogP contribution in [-0.4, -0.2) is 35.6 Å². The summed E-state index contributed by atoms with van der Waals surface area (Å²) < 4.78 is 4.99. The van der Waals surface area contributed by atoms with Crippen LogP contribution in [0.3, 0.4) is 0 Å². The molecular weight excluding hydrogens is 242 g/mol. The van der Waals surface area contributed by atoms with Crippen LogP contribution in [0, 0.1) is 5.92 Å². The number of hydrogen-bond acceptors (Lipinski definition) is 3. The van der Waals surface area contributed by atoms with Gasteiger partial charge in [0.05, 0.1) is 7.11 Å². The first-order valence-corrected chi connectivity index (χ1v) is 6.71. The van der Waals surface area contributed by atoms with Crippen LogP contribution in [0.1, 0.15) is 37.0 Å². The molecule has 1 aliphatic heterocycles. The fourth-order valence-corrected chi connectivity index (χ4v) is 2.70. The normalized spacial score (nSPS) is 23.2. The average Bonchev–Trinajstić information content (AvgIpc) is 2.38. The summed E-state index contributed by atoms with van der Waals surface area (Å²) in [6.07, 6.45) is 2.08. The smallest absolute Gasteiger partial charge is 0.254 e. The zero-order valence-corrected chi connectivity index (χ0v) is 11.7. The molecule has 0 aliphatic carbocycles. The van der Waals surface area contributed by atoms with E-state index < -0.39 is 0 Å². The van der Waals surface area contributed by atoms with E-state index in [1.54, 1.807) is 12.1 Å². The number of phenols is 1. The quantitative estimate of drug-likeness (QED) is 0.892. The Morgan fingerprint density at radius 3 is 2.74 bits per heavy atom. The van der Waals surface area contributed by atoms with Crippen LogP contribution in [0.15, 0.2) is 18.2 Å². The first kappa shape index (κ1) is 13.7. The molecule has 1 aromatic rings. The van der Waals surface area contributed by atoms with E-state index >= 15 is 0 Å². The van der Waals surface area contributed by atoms with Crippen LogP contribution < -0.4 is 4.74 Å². The second-order valence-electron chi connectivity index (χ2n) is 5.36. The molecular formula is C15H21NO3. The number of carbonyl (C=O) groups excluding carboxylic acids is 1. The number of methoxy groups -OCH3 is 1. The van der Waals surface area contributed by atoms with Crippen LogP contribution >= 0.6 is 0 Å². The molecule has 1 aromatic carbocycles. The van der Waals surface area contributed by atoms with Crippen LogP contribution in [0.4, 0.5) is 0 Å². The van der Waals surface area contributed by atoms with Crippen LogP contribution in [0.2, 0.25) is 0 Å². The molecule has 4 heteroatoms. The predicted molar refractivity (Wildman–Crippen MR) is 73.6 cm³/mol. The molecule has 1 saturated heterocycles. The lowest BCUT2D eigenvalue weighted by molar-refractivity contribution is 0.0588. The molecule has 1 heterocycles. The van der Waals surface area contributed by atoms with Crippen molar-refractivity contribution in [2.45, 2.75) is 32.7 Å². The van der Waals surface area contributed by atoms with Crippen molar-refractivity contribution in [1.82, 2.24) is 4.90 Å². The van der Waals surface area contributed by atoms with Crippen molar-refractivity contribution in [3.05, 3.63) is 23.8 Å². The summed E-state index contributed by atoms with van der Waals surface area (Å²) in [5.74, 6) is 1.05. The van der Waals surface area contributed by atoms with Gasteiger partial charge in [0, 0.05) is 18.2 Å². The molecule has 0 bridgehead atoms. The van der Waals surface area contributed by atoms with Crippen LogP contribution in [0.5, 0.6) is 11.5 Å². The Morgan fingerprint density at radius 2 is 2.16 bits per heavy atom. The summed E-state index contributed by atoms with van der Waals surface area (Å²) in [7, 11) is 1.49. The fourth-order valence-electron chi connectivity index (χ4n) is 2.70. The largest absolute Gasteiger partial charge is 0.504 e. The van der Waals surface area contributed by atoms with Crippen molar-refractivity contribution in [1.29, 1.82) is 0 Å². The van der Waals surface area contributed by atoms with Crippen LogP contribution in [0.25, 0.3) is 0 Å². The summed E-state index contributed by atoms with van der Waals surface area (Å²) in [6, 6.07) is 5.05. The van der Waals surface area contributed by atoms with Gasteiger partial charge in [-0.15, -0.1) is 0 Å². The van der Waals surface area contributed by atoms with Gasteiger partial charge in [0.2, 0.25) is 0 Å². The molecule has 2 atom stereocenters. The summed E-state index contributed by atoms with van der Waals surface area (Å²) in [5.41, 5.74) is 0.514. The van der Waals surface area contributed by atoms with Gasteiger partial charge in [-0.3, -0.25) is 4.79 Å². The van der Waals surface area contributed by atoms with Gasteiger partial charge in [0.25, 0.3) is 5.91 Å². The van der Waals surface area contributed by atoms with Gasteiger partial charge in [-0.05, 0) is 43.9 Å². The highest BCUT2D eigenvalue weighted by Crippen LogP contribution is 2.29. The first-order chi connectivity index (χ1) is 9.02. The van der Waals surface area contributed by atoms with E-state index in [0.29, 0.717) is 17.2 Å². The van der Waals surface area contributed by atoms with E-state index in [1.807, 2.05) is 4.90 Å². The summed E-state index contributed by atoms with van der Waals surface area (Å²) in [6.45, 7) is 5.09. The lowest BCUT2D eigenvalue weighted by Gasteiger charge is -2.36. The van der Waals surface area contributed by atoms with Gasteiger partial charge in [0.15, 0.2) is 11.5 Å². The number of carbonyl (C=O) groups is 1. The molecule has 19 heavy (non-hydrogen) atoms. The summed E-state index contributed by atoms with van der Waals surface area (Å²) in [5, 5.41) is 9.75. The minimum absolute atomic E-state index is 0.00591. The van der Waals surface area contributed by atoms with Gasteiger partial charge < -0.3 is 14.7 Å². The molecule has 1 aliphatic rings. The Labute approximate surface area is 114 Å². The van der Waals surface area contributed by atoms with Gasteiger partial charge in [-0.25, -0.2) is 0 Å². The van der Waals surface area contributed by atoms with Gasteiger partial charge in [-0.2, -0.15) is 0 Å². The molecule has 0 aromatic heterocycles. The maximum Gasteiger partial charge on any atom is 0.254 e. The van der Waals surface area contributed by atoms with E-state index in [1.165, 1.54) is 13.2 Å². The van der Waals surface area contributed by atoms with Crippen molar-refractivity contribution >= 4 is 5.91 Å². The van der Waals surface area contributed by atoms with E-state index in [0.717, 1.165) is 19.4 Å². The standard InChI is InChI=1S/C15H21NO3/c1-10-6-7-16(11(2)8-10)15(18)12-4-5-14(19-3)13(17)9-12/h4-5,9-11,17H,6-8H2,1-3H3. The highest BCUT2D eigenvalue weighted by Gasteiger charge is 2.27. The molecule has 2 rings (SSSR count). The highest BCUT2D eigenvalue weighted by atomic mass is 16.5. The molecule has 1 amide bonds. The molecule has 1 fully saturated rings. The van der Waals surface area contributed by atoms with E-state index in [2.05, 4.69) is 13.8 Å². The third-order valence-corrected chi connectivity index (χ3v) is 3.83. The third-order valence-electron chi connectivity index (χ3n) is 3.83. The second kappa shape index (κ2) is 5.51. The zero-order valence-electron chi connectivity index (χ0n) is 11.7. The predicted octanol–water partition coefficient (Wildman–Crippen LogP) is 2.66. The fraction of sp³-hybridized carbons (Fsp3) is 0.533. The first-order valence-electron chi connectivity index (χ1n) is 6.71. The third kappa shape index (κ3) is 2.83. The average molecular weight is 263 g/mol. The van der Waals surface area contributed by atoms with Crippen molar-refractivity contribution in [2.75, 3.05) is 13.7 Å². The Balaban J connectivity index is 2.17. The number of piperidine rings is 1. The summed E-state index contributed by atoms with van der Waals surface area (Å²) >= 11 is 0. The summed E-state index contributed by atoms with van der Waals surface area (Å²) in [4.78, 5) is 14.3. The van der Waals surface area contributed by atoms with Crippen molar-refractivity contribution in [2.24, 2.45) is 5.92 Å². The molecule has 0 spiro atoms. The zero-order chi connectivity index (χ0) is 14.0. The van der Waals surface area contributed by atoms with E-state index in [-0.39, 0.29) is 17.7 Å². The van der Waals surface area contributed by atoms with Gasteiger partial charge in [0.1, 0.15) is 0 Å². The van der Waals surface area contributed by atoms with Gasteiger partial charge in [-0.1, -0.05) is 6.92 Å². The molecule has 0 radical (unpaired) electrons. The van der Waals surface area contributed by atoms with E-state index in [4.69, 9.17) is 4.74 Å². The monoisotopic (exact) mass is 263 g/mol. The van der Waals surface area contributed by atoms with E-state index in [9.17, 15) is 9.90 Å². The lowest BCUT2D eigenvalue weighted by atomic mass is 9.93. The molecule has 1 N–H and O–H groups in total. The number of aromatic hydroxyl groups is 1. The SMILES string of the molecule is COc1ccc(C(=O)N2CCC(C)CC2C)cc1O. The minimum Gasteiger partial charge on any atom is -0.504 e. The van der Waals surface area contributed by atoms with Crippen molar-refractivity contribution in [3.8, 4) is 11.5 Å². The topological polar surface area (TPSA) is 49.8 Å². The number of nitrogens with zero attached hydrogens (tertiary/aromatic N) is 1. The number of hydrogen-bond donors (Lipinski definition) is 1. The van der Waals surface area contributed by atoms with Gasteiger partial charge >= 0.3 is 0 Å². The van der Waals surface area contributed by atoms with Crippen LogP contribution in [-0.2, 0) is 0 Å². The maximum absolute atomic E-state index is 12.4. The highest BCUT2D eigenvalue weighted by molar-refractivity contribution is 5.95. The number of rotatable bonds is 2. The Bertz CT molecular complexity index is 472. The Hall–Kier alpha value is -1.71. The number of phenolic OH excluding ortho intramolecular Hbond substituents is 1.